The van der Waals surface area contributed by atoms with Crippen LogP contribution in [-0.4, -0.2) is 21.4 Å². The molecular weight excluding hydrogens is 447 g/mol. The molecule has 0 fully saturated rings. The van der Waals surface area contributed by atoms with Crippen molar-refractivity contribution < 1.29 is 17.6 Å². The summed E-state index contributed by atoms with van der Waals surface area (Å²) < 4.78 is 40.8. The van der Waals surface area contributed by atoms with Gasteiger partial charge in [0.15, 0.2) is 0 Å². The average molecular weight is 463 g/mol. The number of para-hydroxylation sites is 1. The highest BCUT2D eigenvalue weighted by Gasteiger charge is 2.22. The molecule has 0 heterocycles. The normalized spacial score (nSPS) is 11.1. The summed E-state index contributed by atoms with van der Waals surface area (Å²) in [6, 6.07) is 18.3. The van der Waals surface area contributed by atoms with E-state index in [1.54, 1.807) is 36.4 Å². The number of benzene rings is 3. The molecule has 0 aliphatic carbocycles. The second-order valence-corrected chi connectivity index (χ2v) is 8.74. The first kappa shape index (κ1) is 20.0. The van der Waals surface area contributed by atoms with Gasteiger partial charge in [0.25, 0.3) is 15.9 Å². The lowest BCUT2D eigenvalue weighted by Crippen LogP contribution is -2.26. The molecule has 0 spiro atoms. The Bertz CT molecular complexity index is 1120. The Hall–Kier alpha value is -2.71. The number of carbonyl (C=O) groups excluding carboxylic acids is 1. The summed E-state index contributed by atoms with van der Waals surface area (Å²) in [5, 5.41) is 2.60. The highest BCUT2D eigenvalue weighted by Crippen LogP contribution is 2.25. The van der Waals surface area contributed by atoms with Crippen LogP contribution in [0.5, 0.6) is 0 Å². The van der Waals surface area contributed by atoms with Gasteiger partial charge >= 0.3 is 0 Å². The van der Waals surface area contributed by atoms with Crippen LogP contribution < -0.4 is 9.62 Å². The first-order valence-electron chi connectivity index (χ1n) is 8.19. The molecular formula is C20H16BrFN2O3S. The first-order valence-corrected chi connectivity index (χ1v) is 10.4. The summed E-state index contributed by atoms with van der Waals surface area (Å²) >= 11 is 3.21. The van der Waals surface area contributed by atoms with E-state index in [1.165, 1.54) is 37.4 Å². The van der Waals surface area contributed by atoms with E-state index in [9.17, 15) is 17.6 Å². The Kier molecular flexibility index (Phi) is 5.81. The second-order valence-electron chi connectivity index (χ2n) is 5.91. The van der Waals surface area contributed by atoms with Gasteiger partial charge in [0.1, 0.15) is 5.82 Å². The van der Waals surface area contributed by atoms with E-state index in [2.05, 4.69) is 21.2 Å². The van der Waals surface area contributed by atoms with E-state index in [1.807, 2.05) is 0 Å². The second kappa shape index (κ2) is 8.12. The van der Waals surface area contributed by atoms with Crippen LogP contribution in [0.3, 0.4) is 0 Å². The zero-order valence-electron chi connectivity index (χ0n) is 14.8. The molecule has 28 heavy (non-hydrogen) atoms. The predicted molar refractivity (Wildman–Crippen MR) is 111 cm³/mol. The molecule has 8 heteroatoms. The SMILES string of the molecule is CN(c1ccccc1)S(=O)(=O)c1cccc(NC(=O)c2cc(F)ccc2Br)c1. The number of nitrogens with zero attached hydrogens (tertiary/aromatic N) is 1. The number of rotatable bonds is 5. The van der Waals surface area contributed by atoms with Gasteiger partial charge in [0.2, 0.25) is 0 Å². The third kappa shape index (κ3) is 4.23. The molecule has 0 atom stereocenters. The molecule has 0 bridgehead atoms. The molecule has 0 aliphatic rings. The van der Waals surface area contributed by atoms with Crippen LogP contribution in [0.2, 0.25) is 0 Å². The molecule has 3 rings (SSSR count). The average Bonchev–Trinajstić information content (AvgIpc) is 2.70. The topological polar surface area (TPSA) is 66.5 Å². The van der Waals surface area contributed by atoms with Gasteiger partial charge in [-0.15, -0.1) is 0 Å². The summed E-state index contributed by atoms with van der Waals surface area (Å²) in [7, 11) is -2.36. The minimum atomic E-state index is -3.82. The molecule has 3 aromatic rings. The molecule has 0 radical (unpaired) electrons. The predicted octanol–water partition coefficient (Wildman–Crippen LogP) is 4.67. The molecule has 0 saturated carbocycles. The number of nitrogens with one attached hydrogen (secondary N) is 1. The van der Waals surface area contributed by atoms with Gasteiger partial charge in [0, 0.05) is 17.2 Å². The van der Waals surface area contributed by atoms with Crippen LogP contribution in [0.4, 0.5) is 15.8 Å². The van der Waals surface area contributed by atoms with Crippen LogP contribution in [0, 0.1) is 5.82 Å². The van der Waals surface area contributed by atoms with Crippen molar-refractivity contribution >= 4 is 43.2 Å². The van der Waals surface area contributed by atoms with Gasteiger partial charge in [-0.3, -0.25) is 9.10 Å². The minimum Gasteiger partial charge on any atom is -0.322 e. The largest absolute Gasteiger partial charge is 0.322 e. The smallest absolute Gasteiger partial charge is 0.264 e. The van der Waals surface area contributed by atoms with E-state index >= 15 is 0 Å². The number of sulfonamides is 1. The molecule has 0 unspecified atom stereocenters. The number of halogens is 2. The summed E-state index contributed by atoms with van der Waals surface area (Å²) in [4.78, 5) is 12.5. The lowest BCUT2D eigenvalue weighted by Gasteiger charge is -2.20. The number of hydrogen-bond acceptors (Lipinski definition) is 3. The Morgan fingerprint density at radius 2 is 1.71 bits per heavy atom. The molecule has 3 aromatic carbocycles. The van der Waals surface area contributed by atoms with Crippen molar-refractivity contribution in [1.82, 2.24) is 0 Å². The highest BCUT2D eigenvalue weighted by atomic mass is 79.9. The summed E-state index contributed by atoms with van der Waals surface area (Å²) in [5.41, 5.74) is 0.902. The number of anilines is 2. The maximum atomic E-state index is 13.4. The highest BCUT2D eigenvalue weighted by molar-refractivity contribution is 9.10. The maximum absolute atomic E-state index is 13.4. The fourth-order valence-electron chi connectivity index (χ4n) is 2.54. The van der Waals surface area contributed by atoms with Crippen molar-refractivity contribution in [2.45, 2.75) is 4.90 Å². The van der Waals surface area contributed by atoms with Crippen molar-refractivity contribution in [3.63, 3.8) is 0 Å². The number of carbonyl (C=O) groups is 1. The summed E-state index contributed by atoms with van der Waals surface area (Å²) in [6.45, 7) is 0. The van der Waals surface area contributed by atoms with E-state index < -0.39 is 21.7 Å². The molecule has 1 N–H and O–H groups in total. The van der Waals surface area contributed by atoms with Crippen molar-refractivity contribution in [2.24, 2.45) is 0 Å². The quantitative estimate of drug-likeness (QED) is 0.599. The van der Waals surface area contributed by atoms with Crippen LogP contribution in [0.15, 0.2) is 82.2 Å². The van der Waals surface area contributed by atoms with Crippen LogP contribution in [0.25, 0.3) is 0 Å². The molecule has 5 nitrogen and oxygen atoms in total. The Morgan fingerprint density at radius 1 is 1.00 bits per heavy atom. The fourth-order valence-corrected chi connectivity index (χ4v) is 4.21. The van der Waals surface area contributed by atoms with Crippen LogP contribution in [0.1, 0.15) is 10.4 Å². The number of hydrogen-bond donors (Lipinski definition) is 1. The summed E-state index contributed by atoms with van der Waals surface area (Å²) in [6.07, 6.45) is 0. The minimum absolute atomic E-state index is 0.0231. The molecule has 1 amide bonds. The van der Waals surface area contributed by atoms with Crippen molar-refractivity contribution in [3.8, 4) is 0 Å². The van der Waals surface area contributed by atoms with E-state index in [0.717, 1.165) is 10.4 Å². The van der Waals surface area contributed by atoms with Gasteiger partial charge in [-0.25, -0.2) is 12.8 Å². The Labute approximate surface area is 171 Å². The van der Waals surface area contributed by atoms with Gasteiger partial charge in [-0.05, 0) is 64.5 Å². The van der Waals surface area contributed by atoms with Crippen molar-refractivity contribution in [3.05, 3.63) is 88.6 Å². The van der Waals surface area contributed by atoms with Crippen molar-refractivity contribution in [2.75, 3.05) is 16.7 Å². The molecule has 144 valence electrons. The van der Waals surface area contributed by atoms with Gasteiger partial charge in [-0.1, -0.05) is 24.3 Å². The van der Waals surface area contributed by atoms with Crippen LogP contribution in [-0.2, 0) is 10.0 Å². The zero-order valence-corrected chi connectivity index (χ0v) is 17.2. The monoisotopic (exact) mass is 462 g/mol. The van der Waals surface area contributed by atoms with Crippen LogP contribution >= 0.6 is 15.9 Å². The fraction of sp³-hybridized carbons (Fsp3) is 0.0500. The first-order chi connectivity index (χ1) is 13.3. The lowest BCUT2D eigenvalue weighted by molar-refractivity contribution is 0.102. The summed E-state index contributed by atoms with van der Waals surface area (Å²) in [5.74, 6) is -1.11. The lowest BCUT2D eigenvalue weighted by atomic mass is 10.2. The third-order valence-electron chi connectivity index (χ3n) is 4.04. The third-order valence-corrected chi connectivity index (χ3v) is 6.52. The van der Waals surface area contributed by atoms with E-state index in [-0.39, 0.29) is 16.1 Å². The van der Waals surface area contributed by atoms with Gasteiger partial charge in [-0.2, -0.15) is 0 Å². The standard InChI is InChI=1S/C20H16BrFN2O3S/c1-24(16-7-3-2-4-8-16)28(26,27)17-9-5-6-15(13-17)23-20(25)18-12-14(22)10-11-19(18)21/h2-13H,1H3,(H,23,25). The molecule has 0 aliphatic heterocycles. The molecule has 0 saturated heterocycles. The Balaban J connectivity index is 1.88. The number of amides is 1. The van der Waals surface area contributed by atoms with Gasteiger partial charge < -0.3 is 5.32 Å². The van der Waals surface area contributed by atoms with E-state index in [0.29, 0.717) is 10.2 Å². The Morgan fingerprint density at radius 3 is 2.43 bits per heavy atom. The van der Waals surface area contributed by atoms with Crippen molar-refractivity contribution in [1.29, 1.82) is 0 Å². The molecule has 0 aromatic heterocycles. The van der Waals surface area contributed by atoms with E-state index in [4.69, 9.17) is 0 Å². The zero-order chi connectivity index (χ0) is 20.3. The van der Waals surface area contributed by atoms with Gasteiger partial charge in [0.05, 0.1) is 16.1 Å². The maximum Gasteiger partial charge on any atom is 0.264 e.